The van der Waals surface area contributed by atoms with Crippen LogP contribution in [0.15, 0.2) is 42.5 Å². The van der Waals surface area contributed by atoms with Crippen molar-refractivity contribution in [3.8, 4) is 17.0 Å². The molecule has 9 heteroatoms. The molecule has 3 nitrogen and oxygen atoms in total. The first-order valence-electron chi connectivity index (χ1n) is 6.99. The van der Waals surface area contributed by atoms with E-state index in [9.17, 15) is 26.3 Å². The Bertz CT molecular complexity index is 898. The zero-order valence-corrected chi connectivity index (χ0v) is 12.4. The van der Waals surface area contributed by atoms with Gasteiger partial charge < -0.3 is 9.72 Å². The molecule has 1 aromatic carbocycles. The lowest BCUT2D eigenvalue weighted by molar-refractivity contribution is -0.153. The first-order chi connectivity index (χ1) is 11.6. The van der Waals surface area contributed by atoms with Gasteiger partial charge in [-0.1, -0.05) is 12.1 Å². The second-order valence-corrected chi connectivity index (χ2v) is 5.22. The Morgan fingerprint density at radius 1 is 0.960 bits per heavy atom. The smallest absolute Gasteiger partial charge is 0.433 e. The summed E-state index contributed by atoms with van der Waals surface area (Å²) in [4.78, 5) is 6.20. The maximum absolute atomic E-state index is 12.7. The molecule has 0 fully saturated rings. The second kappa shape index (κ2) is 5.98. The number of benzene rings is 1. The number of hydrogen-bond acceptors (Lipinski definition) is 2. The van der Waals surface area contributed by atoms with Gasteiger partial charge in [-0.25, -0.2) is 4.98 Å². The maximum atomic E-state index is 12.7. The van der Waals surface area contributed by atoms with E-state index in [-0.39, 0.29) is 11.4 Å². The summed E-state index contributed by atoms with van der Waals surface area (Å²) in [6.45, 7) is -1.47. The number of fused-ring (bicyclic) bond motifs is 1. The molecule has 3 rings (SSSR count). The molecule has 0 unspecified atom stereocenters. The second-order valence-electron chi connectivity index (χ2n) is 5.22. The zero-order valence-electron chi connectivity index (χ0n) is 12.4. The van der Waals surface area contributed by atoms with Crippen LogP contribution in [0.4, 0.5) is 26.3 Å². The quantitative estimate of drug-likeness (QED) is 0.653. The molecule has 1 N–H and O–H groups in total. The molecule has 0 aliphatic carbocycles. The van der Waals surface area contributed by atoms with Gasteiger partial charge in [-0.2, -0.15) is 26.3 Å². The van der Waals surface area contributed by atoms with Crippen LogP contribution in [0.3, 0.4) is 0 Å². The van der Waals surface area contributed by atoms with E-state index in [4.69, 9.17) is 4.74 Å². The van der Waals surface area contributed by atoms with E-state index in [0.29, 0.717) is 16.6 Å². The van der Waals surface area contributed by atoms with Crippen molar-refractivity contribution in [2.24, 2.45) is 0 Å². The number of aromatic amines is 1. The molecule has 0 saturated heterocycles. The summed E-state index contributed by atoms with van der Waals surface area (Å²) >= 11 is 0. The number of aromatic nitrogens is 2. The minimum Gasteiger partial charge on any atom is -0.483 e. The third kappa shape index (κ3) is 3.86. The van der Waals surface area contributed by atoms with Crippen LogP contribution in [-0.2, 0) is 6.18 Å². The molecule has 132 valence electrons. The Hall–Kier alpha value is -2.71. The third-order valence-electron chi connectivity index (χ3n) is 3.34. The van der Waals surface area contributed by atoms with Crippen molar-refractivity contribution in [1.29, 1.82) is 0 Å². The highest BCUT2D eigenvalue weighted by molar-refractivity contribution is 5.84. The van der Waals surface area contributed by atoms with E-state index in [0.717, 1.165) is 6.07 Å². The number of ether oxygens (including phenoxy) is 1. The van der Waals surface area contributed by atoms with Crippen LogP contribution >= 0.6 is 0 Å². The summed E-state index contributed by atoms with van der Waals surface area (Å²) in [7, 11) is 0. The molecule has 0 spiro atoms. The predicted octanol–water partition coefficient (Wildman–Crippen LogP) is 5.19. The van der Waals surface area contributed by atoms with Crippen LogP contribution in [0.25, 0.3) is 22.3 Å². The van der Waals surface area contributed by atoms with Gasteiger partial charge >= 0.3 is 12.4 Å². The topological polar surface area (TPSA) is 37.9 Å². The zero-order chi connectivity index (χ0) is 18.2. The van der Waals surface area contributed by atoms with E-state index < -0.39 is 24.7 Å². The molecule has 0 amide bonds. The van der Waals surface area contributed by atoms with Crippen LogP contribution in [0.1, 0.15) is 5.69 Å². The fraction of sp³-hybridized carbons (Fsp3) is 0.188. The van der Waals surface area contributed by atoms with E-state index >= 15 is 0 Å². The Kier molecular flexibility index (Phi) is 4.09. The number of nitrogens with zero attached hydrogens (tertiary/aromatic N) is 1. The van der Waals surface area contributed by atoms with Gasteiger partial charge in [-0.3, -0.25) is 0 Å². The van der Waals surface area contributed by atoms with Gasteiger partial charge in [-0.05, 0) is 30.3 Å². The standard InChI is InChI=1S/C16H10F6N2O/c17-15(18,19)8-25-12-4-2-1-3-10(12)11-7-9-5-6-13(16(20,21)22)24-14(9)23-11/h1-7H,8H2,(H,23,24). The SMILES string of the molecule is FC(F)(F)COc1ccccc1-c1cc2ccc(C(F)(F)F)nc2[nH]1. The normalized spacial score (nSPS) is 12.6. The largest absolute Gasteiger partial charge is 0.483 e. The molecule has 3 aromatic rings. The minimum atomic E-state index is -4.59. The molecule has 0 aliphatic rings. The summed E-state index contributed by atoms with van der Waals surface area (Å²) in [6.07, 6.45) is -9.09. The molecule has 0 aliphatic heterocycles. The Balaban J connectivity index is 1.99. The maximum Gasteiger partial charge on any atom is 0.433 e. The lowest BCUT2D eigenvalue weighted by atomic mass is 10.1. The van der Waals surface area contributed by atoms with Gasteiger partial charge in [-0.15, -0.1) is 0 Å². The summed E-state index contributed by atoms with van der Waals surface area (Å²) in [5, 5.41) is 0.397. The van der Waals surface area contributed by atoms with Crippen molar-refractivity contribution in [2.75, 3.05) is 6.61 Å². The molecule has 0 atom stereocenters. The van der Waals surface area contributed by atoms with Crippen LogP contribution in [0, 0.1) is 0 Å². The summed E-state index contributed by atoms with van der Waals surface area (Å²) in [5.41, 5.74) is -0.483. The molecule has 25 heavy (non-hydrogen) atoms. The summed E-state index contributed by atoms with van der Waals surface area (Å²) in [5.74, 6) is -0.0394. The lowest BCUT2D eigenvalue weighted by Gasteiger charge is -2.12. The van der Waals surface area contributed by atoms with Crippen LogP contribution in [-0.4, -0.2) is 22.8 Å². The van der Waals surface area contributed by atoms with Gasteiger partial charge in [0.15, 0.2) is 6.61 Å². The van der Waals surface area contributed by atoms with E-state index in [1.165, 1.54) is 30.3 Å². The Morgan fingerprint density at radius 3 is 2.36 bits per heavy atom. The number of pyridine rings is 1. The Morgan fingerprint density at radius 2 is 1.68 bits per heavy atom. The van der Waals surface area contributed by atoms with E-state index in [2.05, 4.69) is 9.97 Å². The van der Waals surface area contributed by atoms with Crippen LogP contribution in [0.5, 0.6) is 5.75 Å². The molecular formula is C16H10F6N2O. The van der Waals surface area contributed by atoms with Gasteiger partial charge in [0.05, 0.1) is 5.69 Å². The highest BCUT2D eigenvalue weighted by atomic mass is 19.4. The van der Waals surface area contributed by atoms with Crippen molar-refractivity contribution in [1.82, 2.24) is 9.97 Å². The van der Waals surface area contributed by atoms with Gasteiger partial charge in [0.1, 0.15) is 17.1 Å². The molecule has 0 radical (unpaired) electrons. The number of H-pyrrole nitrogens is 1. The monoisotopic (exact) mass is 360 g/mol. The number of hydrogen-bond donors (Lipinski definition) is 1. The number of para-hydroxylation sites is 1. The minimum absolute atomic E-state index is 0.0181. The predicted molar refractivity (Wildman–Crippen MR) is 78.1 cm³/mol. The summed E-state index contributed by atoms with van der Waals surface area (Å²) in [6, 6.07) is 9.50. The molecule has 0 bridgehead atoms. The number of nitrogens with one attached hydrogen (secondary N) is 1. The molecular weight excluding hydrogens is 350 g/mol. The Labute approximate surface area is 137 Å². The van der Waals surface area contributed by atoms with Crippen molar-refractivity contribution < 1.29 is 31.1 Å². The van der Waals surface area contributed by atoms with Crippen molar-refractivity contribution >= 4 is 11.0 Å². The fourth-order valence-electron chi connectivity index (χ4n) is 2.28. The van der Waals surface area contributed by atoms with Gasteiger partial charge in [0, 0.05) is 10.9 Å². The van der Waals surface area contributed by atoms with Crippen molar-refractivity contribution in [3.05, 3.63) is 48.2 Å². The average Bonchev–Trinajstić information content (AvgIpc) is 2.94. The van der Waals surface area contributed by atoms with Gasteiger partial charge in [0.2, 0.25) is 0 Å². The summed E-state index contributed by atoms with van der Waals surface area (Å²) < 4.78 is 80.0. The number of halogens is 6. The molecule has 2 aromatic heterocycles. The highest BCUT2D eigenvalue weighted by Gasteiger charge is 2.33. The lowest BCUT2D eigenvalue weighted by Crippen LogP contribution is -2.19. The van der Waals surface area contributed by atoms with Crippen molar-refractivity contribution in [3.63, 3.8) is 0 Å². The molecule has 0 saturated carbocycles. The van der Waals surface area contributed by atoms with E-state index in [1.807, 2.05) is 0 Å². The first-order valence-corrected chi connectivity index (χ1v) is 6.99. The molecule has 2 heterocycles. The van der Waals surface area contributed by atoms with Gasteiger partial charge in [0.25, 0.3) is 0 Å². The fourth-order valence-corrected chi connectivity index (χ4v) is 2.28. The van der Waals surface area contributed by atoms with Crippen molar-refractivity contribution in [2.45, 2.75) is 12.4 Å². The first kappa shape index (κ1) is 17.1. The highest BCUT2D eigenvalue weighted by Crippen LogP contribution is 2.34. The number of rotatable bonds is 3. The van der Waals surface area contributed by atoms with Crippen LogP contribution < -0.4 is 4.74 Å². The van der Waals surface area contributed by atoms with Crippen LogP contribution in [0.2, 0.25) is 0 Å². The third-order valence-corrected chi connectivity index (χ3v) is 3.34. The number of alkyl halides is 6. The average molecular weight is 360 g/mol. The van der Waals surface area contributed by atoms with E-state index in [1.54, 1.807) is 6.07 Å².